The highest BCUT2D eigenvalue weighted by Crippen LogP contribution is 2.38. The summed E-state index contributed by atoms with van der Waals surface area (Å²) in [6.45, 7) is 5.43. The van der Waals surface area contributed by atoms with Crippen LogP contribution in [0.5, 0.6) is 5.75 Å². The number of hydrogen-bond acceptors (Lipinski definition) is 7. The van der Waals surface area contributed by atoms with Gasteiger partial charge in [0.1, 0.15) is 17.4 Å². The molecule has 0 amide bonds. The zero-order valence-corrected chi connectivity index (χ0v) is 18.8. The Morgan fingerprint density at radius 2 is 1.74 bits per heavy atom. The zero-order valence-electron chi connectivity index (χ0n) is 18.8. The Labute approximate surface area is 196 Å². The first-order valence-corrected chi connectivity index (χ1v) is 11.4. The topological polar surface area (TPSA) is 67.5 Å². The Bertz CT molecular complexity index is 1300. The molecule has 6 rings (SSSR count). The summed E-state index contributed by atoms with van der Waals surface area (Å²) in [5.41, 5.74) is 4.12. The predicted molar refractivity (Wildman–Crippen MR) is 127 cm³/mol. The Balaban J connectivity index is 1.10. The standard InChI is InChI=1S/C26H24FN5O2/c1-17-3-2-4-18-15-22(33-24(17)18)26-29-25(30-34-26)19-5-10-23(28-16-19)32-13-11-31(12-14-32)21-8-6-20(27)7-9-21/h2-10,16,22H,11-15H2,1H3. The van der Waals surface area contributed by atoms with Gasteiger partial charge in [-0.2, -0.15) is 4.98 Å². The molecule has 7 nitrogen and oxygen atoms in total. The van der Waals surface area contributed by atoms with Gasteiger partial charge in [0.25, 0.3) is 5.89 Å². The summed E-state index contributed by atoms with van der Waals surface area (Å²) in [6, 6.07) is 16.8. The minimum atomic E-state index is -0.262. The van der Waals surface area contributed by atoms with Gasteiger partial charge in [-0.25, -0.2) is 9.37 Å². The van der Waals surface area contributed by atoms with Crippen LogP contribution in [-0.2, 0) is 6.42 Å². The molecule has 1 fully saturated rings. The molecule has 0 N–H and O–H groups in total. The lowest BCUT2D eigenvalue weighted by Crippen LogP contribution is -2.46. The van der Waals surface area contributed by atoms with E-state index in [1.165, 1.54) is 12.1 Å². The van der Waals surface area contributed by atoms with Crippen LogP contribution in [0, 0.1) is 12.7 Å². The van der Waals surface area contributed by atoms with Crippen molar-refractivity contribution in [1.82, 2.24) is 15.1 Å². The molecule has 0 spiro atoms. The third-order valence-corrected chi connectivity index (χ3v) is 6.48. The van der Waals surface area contributed by atoms with Crippen molar-refractivity contribution in [2.45, 2.75) is 19.4 Å². The average molecular weight is 458 g/mol. The summed E-state index contributed by atoms with van der Waals surface area (Å²) >= 11 is 0. The van der Waals surface area contributed by atoms with Crippen molar-refractivity contribution < 1.29 is 13.7 Å². The summed E-state index contributed by atoms with van der Waals surface area (Å²) in [6.07, 6.45) is 2.24. The monoisotopic (exact) mass is 457 g/mol. The summed E-state index contributed by atoms with van der Waals surface area (Å²) in [5.74, 6) is 2.60. The van der Waals surface area contributed by atoms with E-state index in [0.717, 1.165) is 66.5 Å². The van der Waals surface area contributed by atoms with Gasteiger partial charge >= 0.3 is 0 Å². The second-order valence-corrected chi connectivity index (χ2v) is 8.69. The first-order valence-electron chi connectivity index (χ1n) is 11.4. The molecule has 0 aliphatic carbocycles. The number of pyridine rings is 1. The highest BCUT2D eigenvalue weighted by molar-refractivity contribution is 5.57. The van der Waals surface area contributed by atoms with E-state index in [1.807, 2.05) is 43.3 Å². The number of rotatable bonds is 4. The quantitative estimate of drug-likeness (QED) is 0.444. The van der Waals surface area contributed by atoms with Crippen molar-refractivity contribution in [3.8, 4) is 17.1 Å². The van der Waals surface area contributed by atoms with E-state index in [9.17, 15) is 4.39 Å². The van der Waals surface area contributed by atoms with Crippen LogP contribution in [0.25, 0.3) is 11.4 Å². The molecule has 0 saturated carbocycles. The number of fused-ring (bicyclic) bond motifs is 1. The van der Waals surface area contributed by atoms with Crippen LogP contribution in [0.3, 0.4) is 0 Å². The molecule has 172 valence electrons. The van der Waals surface area contributed by atoms with E-state index in [1.54, 1.807) is 6.20 Å². The minimum absolute atomic E-state index is 0.212. The zero-order chi connectivity index (χ0) is 23.1. The van der Waals surface area contributed by atoms with Gasteiger partial charge in [0.2, 0.25) is 5.82 Å². The van der Waals surface area contributed by atoms with Gasteiger partial charge in [-0.15, -0.1) is 0 Å². The smallest absolute Gasteiger partial charge is 0.268 e. The fraction of sp³-hybridized carbons (Fsp3) is 0.269. The van der Waals surface area contributed by atoms with Gasteiger partial charge < -0.3 is 19.1 Å². The van der Waals surface area contributed by atoms with Gasteiger partial charge in [-0.1, -0.05) is 23.4 Å². The number of aryl methyl sites for hydroxylation is 1. The lowest BCUT2D eigenvalue weighted by Gasteiger charge is -2.36. The largest absolute Gasteiger partial charge is 0.480 e. The molecule has 0 radical (unpaired) electrons. The Kier molecular flexibility index (Phi) is 5.13. The molecular formula is C26H24FN5O2. The number of anilines is 2. The number of ether oxygens (including phenoxy) is 1. The number of para-hydroxylation sites is 1. The van der Waals surface area contributed by atoms with Crippen LogP contribution in [0.1, 0.15) is 23.1 Å². The molecule has 2 aromatic carbocycles. The van der Waals surface area contributed by atoms with Gasteiger partial charge in [0.15, 0.2) is 6.10 Å². The van der Waals surface area contributed by atoms with Crippen molar-refractivity contribution in [3.63, 3.8) is 0 Å². The van der Waals surface area contributed by atoms with E-state index in [0.29, 0.717) is 11.7 Å². The summed E-state index contributed by atoms with van der Waals surface area (Å²) in [7, 11) is 0. The third kappa shape index (κ3) is 3.85. The molecule has 2 aliphatic heterocycles. The van der Waals surface area contributed by atoms with Crippen molar-refractivity contribution in [1.29, 1.82) is 0 Å². The molecule has 0 bridgehead atoms. The molecule has 2 aromatic heterocycles. The number of nitrogens with zero attached hydrogens (tertiary/aromatic N) is 5. The van der Waals surface area contributed by atoms with Gasteiger partial charge in [0.05, 0.1) is 0 Å². The SMILES string of the molecule is Cc1cccc2c1OC(c1nc(-c3ccc(N4CCN(c5ccc(F)cc5)CC4)nc3)no1)C2. The average Bonchev–Trinajstić information content (AvgIpc) is 3.53. The maximum absolute atomic E-state index is 13.2. The van der Waals surface area contributed by atoms with Crippen molar-refractivity contribution >= 4 is 11.5 Å². The van der Waals surface area contributed by atoms with Crippen LogP contribution in [0.2, 0.25) is 0 Å². The number of hydrogen-bond donors (Lipinski definition) is 0. The number of halogens is 1. The van der Waals surface area contributed by atoms with E-state index in [2.05, 4.69) is 31.0 Å². The maximum atomic E-state index is 13.2. The summed E-state index contributed by atoms with van der Waals surface area (Å²) in [5, 5.41) is 4.16. The van der Waals surface area contributed by atoms with Gasteiger partial charge in [0, 0.05) is 50.0 Å². The van der Waals surface area contributed by atoms with Crippen LogP contribution in [0.15, 0.2) is 65.3 Å². The molecule has 1 atom stereocenters. The van der Waals surface area contributed by atoms with E-state index in [-0.39, 0.29) is 11.9 Å². The van der Waals surface area contributed by atoms with Gasteiger partial charge in [-0.3, -0.25) is 0 Å². The molecule has 34 heavy (non-hydrogen) atoms. The van der Waals surface area contributed by atoms with Crippen molar-refractivity contribution in [2.24, 2.45) is 0 Å². The normalized spacial score (nSPS) is 17.5. The molecule has 2 aliphatic rings. The highest BCUT2D eigenvalue weighted by Gasteiger charge is 2.30. The van der Waals surface area contributed by atoms with E-state index < -0.39 is 0 Å². The maximum Gasteiger partial charge on any atom is 0.268 e. The number of benzene rings is 2. The first-order chi connectivity index (χ1) is 16.6. The lowest BCUT2D eigenvalue weighted by molar-refractivity contribution is 0.182. The second kappa shape index (κ2) is 8.44. The summed E-state index contributed by atoms with van der Waals surface area (Å²) in [4.78, 5) is 13.7. The number of piperazine rings is 1. The molecule has 4 aromatic rings. The van der Waals surface area contributed by atoms with Crippen LogP contribution in [-0.4, -0.2) is 41.3 Å². The minimum Gasteiger partial charge on any atom is -0.480 e. The Morgan fingerprint density at radius 1 is 0.941 bits per heavy atom. The third-order valence-electron chi connectivity index (χ3n) is 6.48. The molecule has 1 saturated heterocycles. The molecular weight excluding hydrogens is 433 g/mol. The van der Waals surface area contributed by atoms with Crippen LogP contribution < -0.4 is 14.5 Å². The second-order valence-electron chi connectivity index (χ2n) is 8.69. The first kappa shape index (κ1) is 20.7. The molecule has 1 unspecified atom stereocenters. The predicted octanol–water partition coefficient (Wildman–Crippen LogP) is 4.58. The highest BCUT2D eigenvalue weighted by atomic mass is 19.1. The number of aromatic nitrogens is 3. The van der Waals surface area contributed by atoms with Crippen LogP contribution >= 0.6 is 0 Å². The van der Waals surface area contributed by atoms with E-state index >= 15 is 0 Å². The van der Waals surface area contributed by atoms with Crippen molar-refractivity contribution in [2.75, 3.05) is 36.0 Å². The Morgan fingerprint density at radius 3 is 2.47 bits per heavy atom. The Hall–Kier alpha value is -3.94. The molecule has 8 heteroatoms. The van der Waals surface area contributed by atoms with Gasteiger partial charge in [-0.05, 0) is 54.4 Å². The lowest BCUT2D eigenvalue weighted by atomic mass is 10.1. The fourth-order valence-electron chi connectivity index (χ4n) is 4.60. The molecule has 4 heterocycles. The van der Waals surface area contributed by atoms with E-state index in [4.69, 9.17) is 9.26 Å². The van der Waals surface area contributed by atoms with Crippen LogP contribution in [0.4, 0.5) is 15.9 Å². The fourth-order valence-corrected chi connectivity index (χ4v) is 4.60. The summed E-state index contributed by atoms with van der Waals surface area (Å²) < 4.78 is 24.8. The van der Waals surface area contributed by atoms with Crippen molar-refractivity contribution in [3.05, 3.63) is 83.6 Å².